The van der Waals surface area contributed by atoms with Crippen molar-refractivity contribution in [2.75, 3.05) is 32.4 Å². The van der Waals surface area contributed by atoms with Crippen LogP contribution in [0.15, 0.2) is 54.6 Å². The molecule has 0 saturated carbocycles. The van der Waals surface area contributed by atoms with Crippen LogP contribution in [0.5, 0.6) is 0 Å². The van der Waals surface area contributed by atoms with Crippen LogP contribution < -0.4 is 5.32 Å². The van der Waals surface area contributed by atoms with E-state index in [1.165, 1.54) is 10.6 Å². The van der Waals surface area contributed by atoms with Crippen molar-refractivity contribution in [2.45, 2.75) is 25.4 Å². The summed E-state index contributed by atoms with van der Waals surface area (Å²) in [5.74, 6) is -0.179. The van der Waals surface area contributed by atoms with Crippen molar-refractivity contribution >= 4 is 15.9 Å². The third kappa shape index (κ3) is 6.37. The van der Waals surface area contributed by atoms with E-state index in [2.05, 4.69) is 16.3 Å². The zero-order valence-electron chi connectivity index (χ0n) is 17.7. The topological polar surface area (TPSA) is 93.5 Å². The molecule has 0 radical (unpaired) electrons. The Morgan fingerprint density at radius 2 is 1.77 bits per heavy atom. The average Bonchev–Trinajstić information content (AvgIpc) is 2.78. The Labute approximate surface area is 184 Å². The number of carbonyl (C=O) groups excluding carboxylic acids is 1. The number of rotatable bonds is 4. The average molecular weight is 441 g/mol. The minimum absolute atomic E-state index is 0.0777. The van der Waals surface area contributed by atoms with Gasteiger partial charge in [-0.3, -0.25) is 9.69 Å². The van der Waals surface area contributed by atoms with Crippen LogP contribution in [0.25, 0.3) is 0 Å². The van der Waals surface area contributed by atoms with Crippen LogP contribution in [0.2, 0.25) is 0 Å². The van der Waals surface area contributed by atoms with Crippen LogP contribution in [-0.4, -0.2) is 56.0 Å². The molecule has 1 fully saturated rings. The van der Waals surface area contributed by atoms with E-state index >= 15 is 0 Å². The molecule has 164 valence electrons. The molecule has 1 saturated heterocycles. The van der Waals surface area contributed by atoms with Gasteiger partial charge in [-0.2, -0.15) is 9.57 Å². The molecule has 0 aromatic heterocycles. The molecule has 1 N–H and O–H groups in total. The van der Waals surface area contributed by atoms with Crippen molar-refractivity contribution in [2.24, 2.45) is 0 Å². The minimum Gasteiger partial charge on any atom is -0.355 e. The summed E-state index contributed by atoms with van der Waals surface area (Å²) in [6.45, 7) is 2.64. The summed E-state index contributed by atoms with van der Waals surface area (Å²) < 4.78 is 26.7. The predicted octanol–water partition coefficient (Wildman–Crippen LogP) is 2.27. The standard InChI is InChI=1S/C23H28N4O3S/c1-31(29,30)27-14-7-13-26(18-21-11-6-5-10-20(21)17-24)15-12-25-23(28)16-22(27)19-8-3-2-4-9-19/h2-6,8-11,22H,7,12-16,18H2,1H3,(H,25,28). The molecule has 0 aliphatic carbocycles. The maximum Gasteiger partial charge on any atom is 0.222 e. The molecule has 1 aliphatic heterocycles. The quantitative estimate of drug-likeness (QED) is 0.787. The summed E-state index contributed by atoms with van der Waals surface area (Å²) in [5, 5.41) is 12.3. The molecular weight excluding hydrogens is 412 g/mol. The largest absolute Gasteiger partial charge is 0.355 e. The first-order chi connectivity index (χ1) is 14.9. The van der Waals surface area contributed by atoms with Gasteiger partial charge in [-0.15, -0.1) is 0 Å². The fourth-order valence-electron chi connectivity index (χ4n) is 3.94. The molecule has 8 heteroatoms. The van der Waals surface area contributed by atoms with Crippen molar-refractivity contribution in [1.29, 1.82) is 5.26 Å². The zero-order chi connectivity index (χ0) is 22.3. The van der Waals surface area contributed by atoms with E-state index in [1.54, 1.807) is 6.07 Å². The van der Waals surface area contributed by atoms with E-state index in [9.17, 15) is 18.5 Å². The Bertz CT molecular complexity index is 1030. The fourth-order valence-corrected chi connectivity index (χ4v) is 5.06. The third-order valence-electron chi connectivity index (χ3n) is 5.47. The summed E-state index contributed by atoms with van der Waals surface area (Å²) in [6, 6.07) is 18.4. The van der Waals surface area contributed by atoms with Crippen LogP contribution in [0.1, 0.15) is 35.6 Å². The lowest BCUT2D eigenvalue weighted by Gasteiger charge is -2.30. The number of nitrogens with zero attached hydrogens (tertiary/aromatic N) is 3. The highest BCUT2D eigenvalue weighted by Crippen LogP contribution is 2.27. The second-order valence-corrected chi connectivity index (χ2v) is 9.69. The molecule has 1 heterocycles. The van der Waals surface area contributed by atoms with Gasteiger partial charge in [0.05, 0.1) is 23.9 Å². The molecule has 0 bridgehead atoms. The lowest BCUT2D eigenvalue weighted by atomic mass is 10.0. The number of nitrogens with one attached hydrogen (secondary N) is 1. The Balaban J connectivity index is 1.83. The maximum atomic E-state index is 12.6. The second kappa shape index (κ2) is 10.5. The minimum atomic E-state index is -3.52. The summed E-state index contributed by atoms with van der Waals surface area (Å²) >= 11 is 0. The molecular formula is C23H28N4O3S. The number of hydrogen-bond donors (Lipinski definition) is 1. The van der Waals surface area contributed by atoms with Crippen molar-refractivity contribution in [3.8, 4) is 6.07 Å². The summed E-state index contributed by atoms with van der Waals surface area (Å²) in [6.07, 6.45) is 1.90. The van der Waals surface area contributed by atoms with Crippen molar-refractivity contribution in [3.05, 3.63) is 71.3 Å². The summed E-state index contributed by atoms with van der Waals surface area (Å²) in [7, 11) is -3.52. The summed E-state index contributed by atoms with van der Waals surface area (Å²) in [5.41, 5.74) is 2.36. The molecule has 2 aromatic rings. The Kier molecular flexibility index (Phi) is 7.80. The van der Waals surface area contributed by atoms with Gasteiger partial charge >= 0.3 is 0 Å². The lowest BCUT2D eigenvalue weighted by Crippen LogP contribution is -2.38. The second-order valence-electron chi connectivity index (χ2n) is 7.75. The first kappa shape index (κ1) is 22.9. The van der Waals surface area contributed by atoms with Crippen molar-refractivity contribution in [1.82, 2.24) is 14.5 Å². The van der Waals surface area contributed by atoms with Gasteiger partial charge < -0.3 is 5.32 Å². The van der Waals surface area contributed by atoms with E-state index in [-0.39, 0.29) is 12.3 Å². The van der Waals surface area contributed by atoms with E-state index in [0.717, 1.165) is 11.1 Å². The Hall–Kier alpha value is -2.73. The van der Waals surface area contributed by atoms with Gasteiger partial charge in [0.2, 0.25) is 15.9 Å². The van der Waals surface area contributed by atoms with Crippen LogP contribution in [0.3, 0.4) is 0 Å². The Morgan fingerprint density at radius 1 is 1.06 bits per heavy atom. The van der Waals surface area contributed by atoms with Crippen molar-refractivity contribution in [3.63, 3.8) is 0 Å². The molecule has 2 aromatic carbocycles. The van der Waals surface area contributed by atoms with Crippen molar-refractivity contribution < 1.29 is 13.2 Å². The number of carbonyl (C=O) groups is 1. The SMILES string of the molecule is CS(=O)(=O)N1CCCN(Cc2ccccc2C#N)CCNC(=O)CC1c1ccccc1. The fraction of sp³-hybridized carbons (Fsp3) is 0.391. The summed E-state index contributed by atoms with van der Waals surface area (Å²) in [4.78, 5) is 14.8. The molecule has 1 atom stereocenters. The molecule has 0 spiro atoms. The zero-order valence-corrected chi connectivity index (χ0v) is 18.5. The molecule has 31 heavy (non-hydrogen) atoms. The van der Waals surface area contributed by atoms with E-state index in [4.69, 9.17) is 0 Å². The third-order valence-corrected chi connectivity index (χ3v) is 6.76. The lowest BCUT2D eigenvalue weighted by molar-refractivity contribution is -0.122. The molecule has 3 rings (SSSR count). The van der Waals surface area contributed by atoms with Gasteiger partial charge in [-0.05, 0) is 30.2 Å². The van der Waals surface area contributed by atoms with Gasteiger partial charge in [0.15, 0.2) is 0 Å². The van der Waals surface area contributed by atoms with Crippen LogP contribution in [0.4, 0.5) is 0 Å². The van der Waals surface area contributed by atoms with Gasteiger partial charge in [0.1, 0.15) is 0 Å². The molecule has 1 amide bonds. The highest BCUT2D eigenvalue weighted by Gasteiger charge is 2.30. The van der Waals surface area contributed by atoms with Gasteiger partial charge in [0, 0.05) is 32.6 Å². The highest BCUT2D eigenvalue weighted by molar-refractivity contribution is 7.88. The first-order valence-electron chi connectivity index (χ1n) is 10.4. The number of amides is 1. The van der Waals surface area contributed by atoms with Crippen LogP contribution in [0, 0.1) is 11.3 Å². The monoisotopic (exact) mass is 440 g/mol. The molecule has 1 aliphatic rings. The number of nitriles is 1. The smallest absolute Gasteiger partial charge is 0.222 e. The van der Waals surface area contributed by atoms with E-state index in [0.29, 0.717) is 44.7 Å². The first-order valence-corrected chi connectivity index (χ1v) is 12.2. The number of sulfonamides is 1. The van der Waals surface area contributed by atoms with Gasteiger partial charge in [0.25, 0.3) is 0 Å². The van der Waals surface area contributed by atoms with Gasteiger partial charge in [-0.1, -0.05) is 48.5 Å². The van der Waals surface area contributed by atoms with E-state index in [1.807, 2.05) is 48.5 Å². The van der Waals surface area contributed by atoms with E-state index < -0.39 is 16.1 Å². The normalized spacial score (nSPS) is 19.7. The van der Waals surface area contributed by atoms with Crippen LogP contribution in [-0.2, 0) is 21.4 Å². The molecule has 1 unspecified atom stereocenters. The highest BCUT2D eigenvalue weighted by atomic mass is 32.2. The maximum absolute atomic E-state index is 12.6. The molecule has 7 nitrogen and oxygen atoms in total. The Morgan fingerprint density at radius 3 is 2.48 bits per heavy atom. The number of hydrogen-bond acceptors (Lipinski definition) is 5. The predicted molar refractivity (Wildman–Crippen MR) is 119 cm³/mol. The van der Waals surface area contributed by atoms with Crippen LogP contribution >= 0.6 is 0 Å². The number of benzene rings is 2. The van der Waals surface area contributed by atoms with Gasteiger partial charge in [-0.25, -0.2) is 8.42 Å².